The first-order valence-corrected chi connectivity index (χ1v) is 7.90. The maximum atomic E-state index is 12.5. The molecule has 22 heavy (non-hydrogen) atoms. The van der Waals surface area contributed by atoms with Crippen LogP contribution in [-0.2, 0) is 4.79 Å². The zero-order valence-electron chi connectivity index (χ0n) is 12.9. The molecule has 2 amide bonds. The number of hydrogen-bond donors (Lipinski definition) is 2. The molecule has 1 saturated carbocycles. The summed E-state index contributed by atoms with van der Waals surface area (Å²) in [6.07, 6.45) is 3.84. The van der Waals surface area contributed by atoms with Crippen molar-refractivity contribution in [1.82, 2.24) is 5.32 Å². The summed E-state index contributed by atoms with van der Waals surface area (Å²) < 4.78 is 0. The van der Waals surface area contributed by atoms with Crippen molar-refractivity contribution < 1.29 is 14.7 Å². The third kappa shape index (κ3) is 2.86. The molecule has 5 nitrogen and oxygen atoms in total. The fraction of sp³-hybridized carbons (Fsp3) is 0.529. The second-order valence-corrected chi connectivity index (χ2v) is 6.43. The summed E-state index contributed by atoms with van der Waals surface area (Å²) in [5, 5.41) is 12.9. The topological polar surface area (TPSA) is 69.6 Å². The lowest BCUT2D eigenvalue weighted by molar-refractivity contribution is -0.117. The lowest BCUT2D eigenvalue weighted by atomic mass is 9.80. The number of carbonyl (C=O) groups excluding carboxylic acids is 2. The van der Waals surface area contributed by atoms with Gasteiger partial charge in [-0.3, -0.25) is 9.59 Å². The summed E-state index contributed by atoms with van der Waals surface area (Å²) >= 11 is 0. The maximum Gasteiger partial charge on any atom is 0.253 e. The van der Waals surface area contributed by atoms with Crippen LogP contribution in [0.1, 0.15) is 48.0 Å². The normalized spacial score (nSPS) is 19.9. The maximum absolute atomic E-state index is 12.5. The zero-order chi connectivity index (χ0) is 15.7. The minimum absolute atomic E-state index is 0.0653. The molecule has 1 aromatic carbocycles. The van der Waals surface area contributed by atoms with Gasteiger partial charge >= 0.3 is 0 Å². The Morgan fingerprint density at radius 1 is 1.36 bits per heavy atom. The van der Waals surface area contributed by atoms with Crippen LogP contribution in [0.15, 0.2) is 18.2 Å². The molecular weight excluding hydrogens is 280 g/mol. The van der Waals surface area contributed by atoms with Gasteiger partial charge in [0.1, 0.15) is 0 Å². The number of aliphatic hydroxyl groups is 1. The van der Waals surface area contributed by atoms with E-state index in [2.05, 4.69) is 5.32 Å². The molecule has 0 atom stereocenters. The van der Waals surface area contributed by atoms with E-state index < -0.39 is 5.60 Å². The van der Waals surface area contributed by atoms with Gasteiger partial charge in [0, 0.05) is 19.5 Å². The highest BCUT2D eigenvalue weighted by Gasteiger charge is 2.35. The minimum Gasteiger partial charge on any atom is -0.388 e. The van der Waals surface area contributed by atoms with Crippen molar-refractivity contribution in [3.8, 4) is 0 Å². The number of benzene rings is 1. The summed E-state index contributed by atoms with van der Waals surface area (Å²) in [5.74, 6) is -0.158. The van der Waals surface area contributed by atoms with Crippen molar-refractivity contribution in [3.63, 3.8) is 0 Å². The molecule has 1 saturated heterocycles. The van der Waals surface area contributed by atoms with Crippen molar-refractivity contribution >= 4 is 17.5 Å². The van der Waals surface area contributed by atoms with Crippen LogP contribution >= 0.6 is 0 Å². The Labute approximate surface area is 130 Å². The second kappa shape index (κ2) is 5.72. The molecule has 3 rings (SSSR count). The quantitative estimate of drug-likeness (QED) is 0.890. The van der Waals surface area contributed by atoms with Gasteiger partial charge in [-0.05, 0) is 44.7 Å². The zero-order valence-corrected chi connectivity index (χ0v) is 12.9. The fourth-order valence-electron chi connectivity index (χ4n) is 3.07. The Kier molecular flexibility index (Phi) is 3.91. The average Bonchev–Trinajstić information content (AvgIpc) is 2.88. The van der Waals surface area contributed by atoms with Crippen molar-refractivity contribution in [1.29, 1.82) is 0 Å². The second-order valence-electron chi connectivity index (χ2n) is 6.43. The Morgan fingerprint density at radius 3 is 2.73 bits per heavy atom. The number of carbonyl (C=O) groups is 2. The van der Waals surface area contributed by atoms with Gasteiger partial charge in [0.05, 0.1) is 16.9 Å². The molecule has 2 aliphatic rings. The number of aryl methyl sites for hydroxylation is 1. The van der Waals surface area contributed by atoms with Crippen LogP contribution in [-0.4, -0.2) is 35.6 Å². The third-order valence-electron chi connectivity index (χ3n) is 4.62. The average molecular weight is 302 g/mol. The minimum atomic E-state index is -0.747. The Balaban J connectivity index is 1.80. The van der Waals surface area contributed by atoms with Crippen LogP contribution in [0.4, 0.5) is 5.69 Å². The summed E-state index contributed by atoms with van der Waals surface area (Å²) in [4.78, 5) is 26.2. The number of anilines is 1. The van der Waals surface area contributed by atoms with E-state index in [1.165, 1.54) is 0 Å². The lowest BCUT2D eigenvalue weighted by Gasteiger charge is -2.36. The molecule has 1 aliphatic heterocycles. The molecule has 1 aromatic rings. The van der Waals surface area contributed by atoms with Gasteiger partial charge in [-0.2, -0.15) is 0 Å². The largest absolute Gasteiger partial charge is 0.388 e. The van der Waals surface area contributed by atoms with Crippen LogP contribution in [0.5, 0.6) is 0 Å². The van der Waals surface area contributed by atoms with Gasteiger partial charge in [-0.25, -0.2) is 0 Å². The van der Waals surface area contributed by atoms with E-state index in [1.54, 1.807) is 11.0 Å². The third-order valence-corrected chi connectivity index (χ3v) is 4.62. The Morgan fingerprint density at radius 2 is 2.14 bits per heavy atom. The molecule has 1 aliphatic carbocycles. The van der Waals surface area contributed by atoms with Crippen LogP contribution in [0.2, 0.25) is 0 Å². The lowest BCUT2D eigenvalue weighted by Crippen LogP contribution is -2.48. The number of nitrogens with one attached hydrogen (secondary N) is 1. The van der Waals surface area contributed by atoms with Gasteiger partial charge in [0.15, 0.2) is 0 Å². The number of hydrogen-bond acceptors (Lipinski definition) is 3. The van der Waals surface area contributed by atoms with E-state index in [9.17, 15) is 14.7 Å². The van der Waals surface area contributed by atoms with E-state index in [4.69, 9.17) is 0 Å². The van der Waals surface area contributed by atoms with Crippen molar-refractivity contribution in [2.45, 2.75) is 44.6 Å². The first-order valence-electron chi connectivity index (χ1n) is 7.90. The van der Waals surface area contributed by atoms with Crippen LogP contribution < -0.4 is 10.2 Å². The number of amides is 2. The highest BCUT2D eigenvalue weighted by atomic mass is 16.3. The summed E-state index contributed by atoms with van der Waals surface area (Å²) in [6, 6.07) is 5.56. The summed E-state index contributed by atoms with van der Waals surface area (Å²) in [5.41, 5.74) is 1.41. The molecule has 0 spiro atoms. The van der Waals surface area contributed by atoms with E-state index in [1.807, 2.05) is 19.1 Å². The van der Waals surface area contributed by atoms with Crippen molar-refractivity contribution in [2.24, 2.45) is 0 Å². The molecule has 0 aromatic heterocycles. The van der Waals surface area contributed by atoms with Gasteiger partial charge in [0.25, 0.3) is 5.91 Å². The van der Waals surface area contributed by atoms with Crippen LogP contribution in [0.25, 0.3) is 0 Å². The predicted molar refractivity (Wildman–Crippen MR) is 83.9 cm³/mol. The number of nitrogens with zero attached hydrogens (tertiary/aromatic N) is 1. The molecular formula is C17H22N2O3. The van der Waals surface area contributed by atoms with Crippen LogP contribution in [0.3, 0.4) is 0 Å². The molecule has 118 valence electrons. The fourth-order valence-corrected chi connectivity index (χ4v) is 3.07. The van der Waals surface area contributed by atoms with Crippen molar-refractivity contribution in [3.05, 3.63) is 29.3 Å². The predicted octanol–water partition coefficient (Wildman–Crippen LogP) is 1.77. The number of rotatable bonds is 4. The monoisotopic (exact) mass is 302 g/mol. The molecule has 0 radical (unpaired) electrons. The summed E-state index contributed by atoms with van der Waals surface area (Å²) in [6.45, 7) is 2.85. The van der Waals surface area contributed by atoms with E-state index in [-0.39, 0.29) is 18.4 Å². The van der Waals surface area contributed by atoms with E-state index >= 15 is 0 Å². The molecule has 2 N–H and O–H groups in total. The van der Waals surface area contributed by atoms with Gasteiger partial charge in [-0.1, -0.05) is 11.6 Å². The van der Waals surface area contributed by atoms with Gasteiger partial charge < -0.3 is 15.3 Å². The standard InChI is InChI=1S/C17H22N2O3/c1-12-5-6-14(19-9-2-4-15(19)20)13(10-12)16(21)18-11-17(22)7-3-8-17/h5-6,10,22H,2-4,7-9,11H2,1H3,(H,18,21). The Hall–Kier alpha value is -1.88. The SMILES string of the molecule is Cc1ccc(N2CCCC2=O)c(C(=O)NCC2(O)CCC2)c1. The van der Waals surface area contributed by atoms with E-state index in [0.29, 0.717) is 24.2 Å². The molecule has 1 heterocycles. The first kappa shape index (κ1) is 15.0. The van der Waals surface area contributed by atoms with E-state index in [0.717, 1.165) is 31.2 Å². The van der Waals surface area contributed by atoms with Gasteiger partial charge in [0.2, 0.25) is 5.91 Å². The van der Waals surface area contributed by atoms with Gasteiger partial charge in [-0.15, -0.1) is 0 Å². The van der Waals surface area contributed by atoms with Crippen LogP contribution in [0, 0.1) is 6.92 Å². The molecule has 0 bridgehead atoms. The van der Waals surface area contributed by atoms with Crippen molar-refractivity contribution in [2.75, 3.05) is 18.0 Å². The molecule has 2 fully saturated rings. The molecule has 0 unspecified atom stereocenters. The summed E-state index contributed by atoms with van der Waals surface area (Å²) in [7, 11) is 0. The first-order chi connectivity index (χ1) is 10.5. The smallest absolute Gasteiger partial charge is 0.253 e. The Bertz CT molecular complexity index is 608. The highest BCUT2D eigenvalue weighted by molar-refractivity contribution is 6.05. The molecule has 5 heteroatoms. The highest BCUT2D eigenvalue weighted by Crippen LogP contribution is 2.31.